The maximum atomic E-state index is 12.9. The van der Waals surface area contributed by atoms with Crippen LogP contribution in [0.3, 0.4) is 0 Å². The zero-order valence-electron chi connectivity index (χ0n) is 31.3. The highest BCUT2D eigenvalue weighted by Crippen LogP contribution is 2.32. The Kier molecular flexibility index (Phi) is 14.4. The topological polar surface area (TPSA) is 134 Å². The number of anilines is 2. The molecule has 4 heterocycles. The molecule has 0 unspecified atom stereocenters. The minimum Gasteiger partial charge on any atom is -0.444 e. The molecule has 2 aliphatic rings. The number of halogens is 8. The number of carbonyl (C=O) groups is 3. The monoisotopic (exact) mass is 1030 g/mol. The summed E-state index contributed by atoms with van der Waals surface area (Å²) in [6, 6.07) is 12.3. The summed E-state index contributed by atoms with van der Waals surface area (Å²) in [7, 11) is 0. The van der Waals surface area contributed by atoms with E-state index in [4.69, 9.17) is 4.74 Å². The number of amides is 5. The lowest BCUT2D eigenvalue weighted by atomic mass is 10.1. The Morgan fingerprint density at radius 2 is 1.14 bits per heavy atom. The summed E-state index contributed by atoms with van der Waals surface area (Å²) >= 11 is 3.73. The number of aromatic nitrogens is 2. The van der Waals surface area contributed by atoms with Crippen molar-refractivity contribution in [2.24, 2.45) is 0 Å². The van der Waals surface area contributed by atoms with E-state index >= 15 is 0 Å². The molecule has 0 aliphatic carbocycles. The van der Waals surface area contributed by atoms with Crippen molar-refractivity contribution in [1.82, 2.24) is 30.0 Å². The first-order valence-electron chi connectivity index (χ1n) is 18.2. The molecule has 0 radical (unpaired) electrons. The second kappa shape index (κ2) is 18.5. The van der Waals surface area contributed by atoms with Crippen molar-refractivity contribution in [3.05, 3.63) is 55.9 Å². The highest BCUT2D eigenvalue weighted by molar-refractivity contribution is 14.1. The molecule has 4 aromatic rings. The van der Waals surface area contributed by atoms with Gasteiger partial charge in [0.25, 0.3) is 0 Å². The number of benzene rings is 2. The largest absolute Gasteiger partial charge is 0.444 e. The van der Waals surface area contributed by atoms with Gasteiger partial charge in [0.15, 0.2) is 0 Å². The van der Waals surface area contributed by atoms with Crippen LogP contribution >= 0.6 is 45.2 Å². The zero-order chi connectivity index (χ0) is 41.7. The Hall–Kier alpha value is -3.67. The fourth-order valence-electron chi connectivity index (χ4n) is 6.59. The Morgan fingerprint density at radius 3 is 1.54 bits per heavy atom. The van der Waals surface area contributed by atoms with Crippen LogP contribution < -0.4 is 26.6 Å². The number of hydrogen-bond donors (Lipinski definition) is 5. The van der Waals surface area contributed by atoms with Gasteiger partial charge >= 0.3 is 30.5 Å². The standard InChI is InChI=1S/C21H26F3IN4O3.C16H18F3IN4O/c1-20(2,3)32-19(31)28-9-7-13(8-10-28)26-18(30)27-15-5-4-6-16-14(15)11-17(25)29(16)12-21(22,23)24;17-16(18,19)9-24-13-3-1-2-12(11(13)8-14(24)20)23-15(25)22-10-4-6-21-7-5-10/h4-6,11,13H,7-10,12H2,1-3H3,(H2,26,27,30);1-3,8,10,21H,4-7,9H2,(H2,22,23,25). The third kappa shape index (κ3) is 12.9. The second-order valence-corrected chi connectivity index (χ2v) is 17.0. The van der Waals surface area contributed by atoms with Crippen molar-refractivity contribution in [3.8, 4) is 0 Å². The second-order valence-electron chi connectivity index (χ2n) is 14.8. The summed E-state index contributed by atoms with van der Waals surface area (Å²) in [6.45, 7) is 5.92. The van der Waals surface area contributed by atoms with Crippen molar-refractivity contribution >= 4 is 96.5 Å². The Balaban J connectivity index is 0.000000224. The molecule has 57 heavy (non-hydrogen) atoms. The number of nitrogens with one attached hydrogen (secondary N) is 5. The van der Waals surface area contributed by atoms with E-state index in [1.165, 1.54) is 9.13 Å². The molecule has 2 aromatic carbocycles. The molecule has 5 N–H and O–H groups in total. The molecule has 0 saturated carbocycles. The van der Waals surface area contributed by atoms with Crippen molar-refractivity contribution in [2.45, 2.75) is 89.6 Å². The minimum atomic E-state index is -4.35. The van der Waals surface area contributed by atoms with Gasteiger partial charge in [-0.3, -0.25) is 0 Å². The van der Waals surface area contributed by atoms with Crippen molar-refractivity contribution in [2.75, 3.05) is 36.8 Å². The Bertz CT molecular complexity index is 2050. The van der Waals surface area contributed by atoms with Gasteiger partial charge < -0.3 is 45.4 Å². The molecular formula is C37H44F6I2N8O4. The van der Waals surface area contributed by atoms with Crippen molar-refractivity contribution < 1.29 is 45.5 Å². The highest BCUT2D eigenvalue weighted by atomic mass is 127. The summed E-state index contributed by atoms with van der Waals surface area (Å²) in [5, 5.41) is 15.7. The molecule has 6 rings (SSSR count). The normalized spacial score (nSPS) is 15.9. The van der Waals surface area contributed by atoms with Crippen LogP contribution in [0, 0.1) is 7.40 Å². The van der Waals surface area contributed by atoms with E-state index in [1.54, 1.807) is 53.4 Å². The Labute approximate surface area is 352 Å². The van der Waals surface area contributed by atoms with Gasteiger partial charge in [0.05, 0.1) is 29.8 Å². The van der Waals surface area contributed by atoms with E-state index in [-0.39, 0.29) is 24.2 Å². The smallest absolute Gasteiger partial charge is 0.410 e. The van der Waals surface area contributed by atoms with Crippen LogP contribution in [0.2, 0.25) is 0 Å². The number of carbonyl (C=O) groups excluding carboxylic acids is 3. The van der Waals surface area contributed by atoms with Crippen molar-refractivity contribution in [1.29, 1.82) is 0 Å². The average Bonchev–Trinajstić information content (AvgIpc) is 3.59. The Morgan fingerprint density at radius 1 is 0.719 bits per heavy atom. The maximum absolute atomic E-state index is 12.9. The number of urea groups is 2. The molecule has 0 bridgehead atoms. The van der Waals surface area contributed by atoms with E-state index in [9.17, 15) is 40.7 Å². The van der Waals surface area contributed by atoms with Crippen LogP contribution in [-0.2, 0) is 17.8 Å². The van der Waals surface area contributed by atoms with Crippen LogP contribution in [0.5, 0.6) is 0 Å². The molecule has 12 nitrogen and oxygen atoms in total. The average molecular weight is 1030 g/mol. The molecular weight excluding hydrogens is 988 g/mol. The molecule has 2 fully saturated rings. The summed E-state index contributed by atoms with van der Waals surface area (Å²) in [5.41, 5.74) is 1.22. The summed E-state index contributed by atoms with van der Waals surface area (Å²) in [4.78, 5) is 38.5. The van der Waals surface area contributed by atoms with E-state index < -0.39 is 37.1 Å². The summed E-state index contributed by atoms with van der Waals surface area (Å²) in [6.07, 6.45) is -6.14. The van der Waals surface area contributed by atoms with Gasteiger partial charge in [-0.25, -0.2) is 14.4 Å². The first-order chi connectivity index (χ1) is 26.7. The van der Waals surface area contributed by atoms with E-state index in [0.29, 0.717) is 66.5 Å². The van der Waals surface area contributed by atoms with Crippen LogP contribution in [0.15, 0.2) is 48.5 Å². The van der Waals surface area contributed by atoms with Crippen LogP contribution in [0.1, 0.15) is 46.5 Å². The molecule has 5 amide bonds. The zero-order valence-corrected chi connectivity index (χ0v) is 35.7. The lowest BCUT2D eigenvalue weighted by Crippen LogP contribution is -2.48. The van der Waals surface area contributed by atoms with Gasteiger partial charge in [-0.15, -0.1) is 0 Å². The highest BCUT2D eigenvalue weighted by Gasteiger charge is 2.32. The maximum Gasteiger partial charge on any atom is 0.410 e. The van der Waals surface area contributed by atoms with Gasteiger partial charge in [0.1, 0.15) is 18.7 Å². The number of hydrogen-bond acceptors (Lipinski definition) is 5. The van der Waals surface area contributed by atoms with Gasteiger partial charge in [-0.1, -0.05) is 12.1 Å². The third-order valence-electron chi connectivity index (χ3n) is 9.12. The lowest BCUT2D eigenvalue weighted by molar-refractivity contribution is -0.141. The lowest BCUT2D eigenvalue weighted by Gasteiger charge is -2.33. The number of piperidine rings is 2. The van der Waals surface area contributed by atoms with Gasteiger partial charge in [0.2, 0.25) is 0 Å². The fraction of sp³-hybridized carbons (Fsp3) is 0.486. The number of nitrogens with zero attached hydrogens (tertiary/aromatic N) is 3. The molecule has 2 aromatic heterocycles. The first kappa shape index (κ1) is 44.4. The molecule has 2 saturated heterocycles. The van der Waals surface area contributed by atoms with Gasteiger partial charge in [-0.2, -0.15) is 26.3 Å². The predicted octanol–water partition coefficient (Wildman–Crippen LogP) is 9.01. The fourth-order valence-corrected chi connectivity index (χ4v) is 8.07. The predicted molar refractivity (Wildman–Crippen MR) is 222 cm³/mol. The van der Waals surface area contributed by atoms with E-state index in [0.717, 1.165) is 25.9 Å². The summed E-state index contributed by atoms with van der Waals surface area (Å²) in [5.74, 6) is 0. The number of ether oxygens (including phenoxy) is 1. The van der Waals surface area contributed by atoms with Crippen LogP contribution in [-0.4, -0.2) is 88.4 Å². The van der Waals surface area contributed by atoms with Crippen LogP contribution in [0.25, 0.3) is 21.8 Å². The van der Waals surface area contributed by atoms with Crippen molar-refractivity contribution in [3.63, 3.8) is 0 Å². The number of alkyl halides is 6. The molecule has 0 spiro atoms. The summed E-state index contributed by atoms with van der Waals surface area (Å²) < 4.78 is 85.8. The van der Waals surface area contributed by atoms with E-state index in [1.807, 2.05) is 66.0 Å². The number of rotatable bonds is 6. The first-order valence-corrected chi connectivity index (χ1v) is 20.3. The van der Waals surface area contributed by atoms with Gasteiger partial charge in [0, 0.05) is 35.9 Å². The van der Waals surface area contributed by atoms with E-state index in [2.05, 4.69) is 26.6 Å². The van der Waals surface area contributed by atoms with Gasteiger partial charge in [-0.05, 0) is 141 Å². The SMILES string of the molecule is CC(C)(C)OC(=O)N1CCC(NC(=O)Nc2cccc3c2cc(I)n3CC(F)(F)F)CC1.O=C(Nc1cccc2c1cc(I)n2CC(F)(F)F)NC1CCNCC1. The quantitative estimate of drug-likeness (QED) is 0.0972. The van der Waals surface area contributed by atoms with Crippen LogP contribution in [0.4, 0.5) is 52.1 Å². The number of fused-ring (bicyclic) bond motifs is 2. The third-order valence-corrected chi connectivity index (χ3v) is 10.9. The minimum absolute atomic E-state index is 0.107. The molecule has 312 valence electrons. The molecule has 2 aliphatic heterocycles. The molecule has 0 atom stereocenters. The number of likely N-dealkylation sites (tertiary alicyclic amines) is 1. The molecule has 20 heteroatoms.